The van der Waals surface area contributed by atoms with Crippen LogP contribution in [-0.2, 0) is 38.1 Å². The first kappa shape index (κ1) is 21.4. The molecule has 1 saturated heterocycles. The number of rotatable bonds is 9. The highest BCUT2D eigenvalue weighted by Crippen LogP contribution is 2.10. The van der Waals surface area contributed by atoms with Crippen LogP contribution in [0.1, 0.15) is 12.8 Å². The van der Waals surface area contributed by atoms with E-state index >= 15 is 0 Å². The lowest BCUT2D eigenvalue weighted by Gasteiger charge is -2.22. The molecule has 0 saturated carbocycles. The Morgan fingerprint density at radius 2 is 1.35 bits per heavy atom. The number of hydrogen-bond donors (Lipinski definition) is 0. The number of nitrogens with zero attached hydrogens (tertiary/aromatic N) is 1. The zero-order valence-corrected chi connectivity index (χ0v) is 14.8. The van der Waals surface area contributed by atoms with Gasteiger partial charge in [-0.3, -0.25) is 4.90 Å². The first-order chi connectivity index (χ1) is 12.4. The molecule has 1 aliphatic heterocycles. The summed E-state index contributed by atoms with van der Waals surface area (Å²) in [6.07, 6.45) is 5.14. The second kappa shape index (κ2) is 11.8. The van der Waals surface area contributed by atoms with Gasteiger partial charge in [-0.25, -0.2) is 19.2 Å². The number of carbonyl (C=O) groups excluding carboxylic acids is 4. The summed E-state index contributed by atoms with van der Waals surface area (Å²) in [4.78, 5) is 47.4. The minimum absolute atomic E-state index is 0.182. The Morgan fingerprint density at radius 1 is 0.846 bits per heavy atom. The van der Waals surface area contributed by atoms with Gasteiger partial charge < -0.3 is 18.9 Å². The summed E-state index contributed by atoms with van der Waals surface area (Å²) in [5.74, 6) is -2.88. The molecule has 0 aromatic heterocycles. The van der Waals surface area contributed by atoms with Gasteiger partial charge in [-0.2, -0.15) is 0 Å². The minimum Gasteiger partial charge on any atom is -0.466 e. The highest BCUT2D eigenvalue weighted by atomic mass is 16.6. The van der Waals surface area contributed by atoms with Crippen molar-refractivity contribution in [1.82, 2.24) is 4.90 Å². The topological polar surface area (TPSA) is 108 Å². The van der Waals surface area contributed by atoms with E-state index in [0.717, 1.165) is 50.2 Å². The van der Waals surface area contributed by atoms with Crippen LogP contribution in [0.5, 0.6) is 0 Å². The lowest BCUT2D eigenvalue weighted by Crippen LogP contribution is -2.36. The van der Waals surface area contributed by atoms with Crippen molar-refractivity contribution >= 4 is 23.9 Å². The Labute approximate surface area is 151 Å². The van der Waals surface area contributed by atoms with Gasteiger partial charge >= 0.3 is 23.9 Å². The number of hydrogen-bond acceptors (Lipinski definition) is 9. The first-order valence-electron chi connectivity index (χ1n) is 8.06. The van der Waals surface area contributed by atoms with Crippen LogP contribution in [0.25, 0.3) is 0 Å². The summed E-state index contributed by atoms with van der Waals surface area (Å²) >= 11 is 0. The molecule has 0 aliphatic carbocycles. The Hall–Kier alpha value is -2.68. The molecule has 0 N–H and O–H groups in total. The van der Waals surface area contributed by atoms with Gasteiger partial charge in [0.2, 0.25) is 0 Å². The van der Waals surface area contributed by atoms with Gasteiger partial charge in [-0.05, 0) is 25.9 Å². The van der Waals surface area contributed by atoms with Crippen molar-refractivity contribution in [3.05, 3.63) is 24.3 Å². The molecule has 26 heavy (non-hydrogen) atoms. The molecule has 144 valence electrons. The molecule has 0 bridgehead atoms. The Balaban J connectivity index is 2.57. The third kappa shape index (κ3) is 8.97. The fourth-order valence-electron chi connectivity index (χ4n) is 2.21. The van der Waals surface area contributed by atoms with E-state index in [1.807, 2.05) is 0 Å². The number of methoxy groups -OCH3 is 2. The van der Waals surface area contributed by atoms with Gasteiger partial charge in [0, 0.05) is 30.8 Å². The van der Waals surface area contributed by atoms with Crippen LogP contribution in [0, 0.1) is 0 Å². The van der Waals surface area contributed by atoms with Crippen LogP contribution < -0.4 is 0 Å². The average Bonchev–Trinajstić information content (AvgIpc) is 3.14. The zero-order valence-electron chi connectivity index (χ0n) is 14.8. The van der Waals surface area contributed by atoms with Gasteiger partial charge in [-0.1, -0.05) is 0 Å². The van der Waals surface area contributed by atoms with Crippen molar-refractivity contribution in [1.29, 1.82) is 0 Å². The number of esters is 4. The molecule has 0 aromatic rings. The molecule has 0 spiro atoms. The Kier molecular flexibility index (Phi) is 9.70. The van der Waals surface area contributed by atoms with Crippen LogP contribution in [-0.4, -0.2) is 75.3 Å². The van der Waals surface area contributed by atoms with E-state index in [2.05, 4.69) is 14.4 Å². The summed E-state index contributed by atoms with van der Waals surface area (Å²) in [7, 11) is 2.38. The van der Waals surface area contributed by atoms with Crippen molar-refractivity contribution in [3.8, 4) is 0 Å². The first-order valence-corrected chi connectivity index (χ1v) is 8.06. The molecule has 1 heterocycles. The molecule has 0 radical (unpaired) electrons. The summed E-state index contributed by atoms with van der Waals surface area (Å²) in [6, 6.07) is 0. The third-order valence-electron chi connectivity index (χ3n) is 3.47. The molecule has 1 fully saturated rings. The van der Waals surface area contributed by atoms with Gasteiger partial charge in [0.25, 0.3) is 0 Å². The molecular weight excluding hydrogens is 346 g/mol. The highest BCUT2D eigenvalue weighted by Gasteiger charge is 2.21. The second-order valence-electron chi connectivity index (χ2n) is 5.41. The molecule has 1 unspecified atom stereocenters. The van der Waals surface area contributed by atoms with E-state index in [1.165, 1.54) is 14.2 Å². The van der Waals surface area contributed by atoms with Crippen molar-refractivity contribution in [3.63, 3.8) is 0 Å². The summed E-state index contributed by atoms with van der Waals surface area (Å²) < 4.78 is 19.0. The van der Waals surface area contributed by atoms with Crippen LogP contribution >= 0.6 is 0 Å². The van der Waals surface area contributed by atoms with Gasteiger partial charge in [0.05, 0.1) is 14.2 Å². The molecule has 0 amide bonds. The Morgan fingerprint density at radius 3 is 1.88 bits per heavy atom. The third-order valence-corrected chi connectivity index (χ3v) is 3.47. The molecule has 1 aliphatic rings. The van der Waals surface area contributed by atoms with Gasteiger partial charge in [0.15, 0.2) is 0 Å². The van der Waals surface area contributed by atoms with Crippen molar-refractivity contribution < 1.29 is 38.1 Å². The molecule has 1 atom stereocenters. The number of carbonyl (C=O) groups is 4. The van der Waals surface area contributed by atoms with Crippen molar-refractivity contribution in [2.45, 2.75) is 18.9 Å². The van der Waals surface area contributed by atoms with E-state index in [0.29, 0.717) is 6.54 Å². The Bertz CT molecular complexity index is 563. The van der Waals surface area contributed by atoms with Crippen molar-refractivity contribution in [2.24, 2.45) is 0 Å². The smallest absolute Gasteiger partial charge is 0.331 e. The predicted octanol–water partition coefficient (Wildman–Crippen LogP) is -0.00440. The average molecular weight is 369 g/mol. The maximum Gasteiger partial charge on any atom is 0.331 e. The van der Waals surface area contributed by atoms with Crippen LogP contribution in [0.2, 0.25) is 0 Å². The lowest BCUT2D eigenvalue weighted by atomic mass is 10.3. The minimum atomic E-state index is -0.761. The molecule has 0 aromatic carbocycles. The van der Waals surface area contributed by atoms with Crippen LogP contribution in [0.3, 0.4) is 0 Å². The lowest BCUT2D eigenvalue weighted by molar-refractivity contribution is -0.153. The predicted molar refractivity (Wildman–Crippen MR) is 88.8 cm³/mol. The fourth-order valence-corrected chi connectivity index (χ4v) is 2.21. The normalized spacial score (nSPS) is 15.8. The summed E-state index contributed by atoms with van der Waals surface area (Å²) in [5.41, 5.74) is 0. The SMILES string of the molecule is COC(=O)/C=C/C(=O)OCC(CN1CCCC1)OC(=O)/C=C/C(=O)OC. The van der Waals surface area contributed by atoms with E-state index < -0.39 is 30.0 Å². The molecule has 9 nitrogen and oxygen atoms in total. The monoisotopic (exact) mass is 369 g/mol. The van der Waals surface area contributed by atoms with E-state index in [9.17, 15) is 19.2 Å². The molecule has 9 heteroatoms. The molecular formula is C17H23NO8. The number of likely N-dealkylation sites (tertiary alicyclic amines) is 1. The van der Waals surface area contributed by atoms with E-state index in [4.69, 9.17) is 9.47 Å². The fraction of sp³-hybridized carbons (Fsp3) is 0.529. The molecule has 1 rings (SSSR count). The summed E-state index contributed by atoms with van der Waals surface area (Å²) in [6.45, 7) is 1.94. The highest BCUT2D eigenvalue weighted by molar-refractivity contribution is 5.92. The van der Waals surface area contributed by atoms with Crippen LogP contribution in [0.4, 0.5) is 0 Å². The second-order valence-corrected chi connectivity index (χ2v) is 5.41. The quantitative estimate of drug-likeness (QED) is 0.315. The summed E-state index contributed by atoms with van der Waals surface area (Å²) in [5, 5.41) is 0. The van der Waals surface area contributed by atoms with Gasteiger partial charge in [-0.15, -0.1) is 0 Å². The number of ether oxygens (including phenoxy) is 4. The maximum absolute atomic E-state index is 11.8. The standard InChI is InChI=1S/C17H23NO8/c1-23-14(19)5-7-16(21)25-12-13(11-18-9-3-4-10-18)26-17(22)8-6-15(20)24-2/h5-8,13H,3-4,9-12H2,1-2H3/b7-5+,8-6+. The van der Waals surface area contributed by atoms with Gasteiger partial charge in [0.1, 0.15) is 12.7 Å². The van der Waals surface area contributed by atoms with E-state index in [1.54, 1.807) is 0 Å². The van der Waals surface area contributed by atoms with Crippen molar-refractivity contribution in [2.75, 3.05) is 40.5 Å². The van der Waals surface area contributed by atoms with E-state index in [-0.39, 0.29) is 6.61 Å². The largest absolute Gasteiger partial charge is 0.466 e. The maximum atomic E-state index is 11.8. The van der Waals surface area contributed by atoms with Crippen LogP contribution in [0.15, 0.2) is 24.3 Å². The zero-order chi connectivity index (χ0) is 19.4.